The van der Waals surface area contributed by atoms with Crippen molar-refractivity contribution in [3.63, 3.8) is 0 Å². The second-order valence-electron chi connectivity index (χ2n) is 9.55. The van der Waals surface area contributed by atoms with Gasteiger partial charge >= 0.3 is 12.0 Å². The van der Waals surface area contributed by atoms with Gasteiger partial charge in [-0.3, -0.25) is 9.59 Å². The molecular weight excluding hydrogens is 603 g/mol. The average Bonchev–Trinajstić information content (AvgIpc) is 3.36. The van der Waals surface area contributed by atoms with E-state index in [9.17, 15) is 19.2 Å². The fourth-order valence-corrected chi connectivity index (χ4v) is 5.50. The number of fused-ring (bicyclic) bond motifs is 1. The van der Waals surface area contributed by atoms with Crippen LogP contribution in [0.15, 0.2) is 60.7 Å². The Bertz CT molecular complexity index is 1480. The van der Waals surface area contributed by atoms with Crippen LogP contribution in [-0.2, 0) is 22.5 Å². The van der Waals surface area contributed by atoms with E-state index in [0.717, 1.165) is 24.0 Å². The minimum absolute atomic E-state index is 0.0662. The second-order valence-corrected chi connectivity index (χ2v) is 10.8. The first kappa shape index (κ1) is 31.2. The largest absolute Gasteiger partial charge is 0.464 e. The quantitative estimate of drug-likeness (QED) is 0.228. The molecule has 220 valence electrons. The molecule has 0 aromatic heterocycles. The van der Waals surface area contributed by atoms with Crippen LogP contribution in [0.25, 0.3) is 0 Å². The Balaban J connectivity index is 1.39. The first-order valence-electron chi connectivity index (χ1n) is 13.3. The first-order valence-corrected chi connectivity index (χ1v) is 14.4. The summed E-state index contributed by atoms with van der Waals surface area (Å²) in [6, 6.07) is 15.6. The van der Waals surface area contributed by atoms with Gasteiger partial charge in [0.05, 0.1) is 34.8 Å². The average molecular weight is 632 g/mol. The van der Waals surface area contributed by atoms with Crippen LogP contribution in [0.5, 0.6) is 0 Å². The number of urea groups is 1. The van der Waals surface area contributed by atoms with Crippen molar-refractivity contribution in [1.29, 1.82) is 0 Å². The number of carbonyl (C=O) groups excluding carboxylic acids is 4. The van der Waals surface area contributed by atoms with Gasteiger partial charge in [-0.05, 0) is 60.7 Å². The van der Waals surface area contributed by atoms with E-state index >= 15 is 0 Å². The Morgan fingerprint density at radius 2 is 1.67 bits per heavy atom. The molecule has 0 radical (unpaired) electrons. The molecule has 0 aliphatic heterocycles. The lowest BCUT2D eigenvalue weighted by Crippen LogP contribution is -2.51. The lowest BCUT2D eigenvalue weighted by Gasteiger charge is -2.20. The molecule has 1 aliphatic carbocycles. The van der Waals surface area contributed by atoms with Crippen LogP contribution < -0.4 is 21.3 Å². The Kier molecular flexibility index (Phi) is 10.7. The molecule has 0 fully saturated rings. The third kappa shape index (κ3) is 7.94. The van der Waals surface area contributed by atoms with Crippen molar-refractivity contribution in [2.24, 2.45) is 0 Å². The molecule has 9 nitrogen and oxygen atoms in total. The number of aryl methyl sites for hydroxylation is 1. The number of ether oxygens (including phenoxy) is 1. The molecule has 0 spiro atoms. The van der Waals surface area contributed by atoms with Crippen molar-refractivity contribution < 1.29 is 23.9 Å². The highest BCUT2D eigenvalue weighted by Crippen LogP contribution is 2.30. The summed E-state index contributed by atoms with van der Waals surface area (Å²) in [4.78, 5) is 51.1. The molecule has 3 aromatic rings. The number of amides is 4. The molecule has 1 aliphatic rings. The van der Waals surface area contributed by atoms with Crippen LogP contribution >= 0.6 is 34.8 Å². The first-order chi connectivity index (χ1) is 20.2. The lowest BCUT2D eigenvalue weighted by molar-refractivity contribution is -0.145. The van der Waals surface area contributed by atoms with Crippen LogP contribution in [0.3, 0.4) is 0 Å². The summed E-state index contributed by atoms with van der Waals surface area (Å²) >= 11 is 18.7. The minimum Gasteiger partial charge on any atom is -0.464 e. The molecule has 3 aromatic carbocycles. The molecule has 4 rings (SSSR count). The van der Waals surface area contributed by atoms with E-state index in [4.69, 9.17) is 39.5 Å². The fourth-order valence-electron chi connectivity index (χ4n) is 4.63. The highest BCUT2D eigenvalue weighted by molar-refractivity contribution is 6.40. The lowest BCUT2D eigenvalue weighted by atomic mass is 10.1. The highest BCUT2D eigenvalue weighted by Gasteiger charge is 2.28. The zero-order chi connectivity index (χ0) is 30.2. The van der Waals surface area contributed by atoms with Gasteiger partial charge in [0.25, 0.3) is 11.8 Å². The van der Waals surface area contributed by atoms with Gasteiger partial charge in [-0.15, -0.1) is 0 Å². The Morgan fingerprint density at radius 3 is 2.38 bits per heavy atom. The van der Waals surface area contributed by atoms with Gasteiger partial charge in [0, 0.05) is 17.1 Å². The van der Waals surface area contributed by atoms with E-state index in [0.29, 0.717) is 5.02 Å². The molecule has 4 amide bonds. The maximum Gasteiger partial charge on any atom is 0.330 e. The van der Waals surface area contributed by atoms with Crippen LogP contribution in [0.4, 0.5) is 4.79 Å². The second kappa shape index (κ2) is 14.4. The zero-order valence-corrected chi connectivity index (χ0v) is 24.9. The third-order valence-electron chi connectivity index (χ3n) is 6.65. The van der Waals surface area contributed by atoms with Gasteiger partial charge in [0.1, 0.15) is 6.04 Å². The topological polar surface area (TPSA) is 126 Å². The van der Waals surface area contributed by atoms with Crippen molar-refractivity contribution in [1.82, 2.24) is 21.3 Å². The molecule has 0 saturated carbocycles. The predicted molar refractivity (Wildman–Crippen MR) is 161 cm³/mol. The van der Waals surface area contributed by atoms with Crippen LogP contribution in [0.1, 0.15) is 56.8 Å². The Hall–Kier alpha value is -3.79. The monoisotopic (exact) mass is 630 g/mol. The molecule has 0 saturated heterocycles. The normalized spacial score (nSPS) is 14.3. The number of carbonyl (C=O) groups is 4. The Labute approximate surface area is 258 Å². The number of hydrogen-bond donors (Lipinski definition) is 4. The molecule has 0 heterocycles. The molecular formula is C30H29Cl3N4O5. The van der Waals surface area contributed by atoms with Crippen molar-refractivity contribution >= 4 is 58.6 Å². The van der Waals surface area contributed by atoms with E-state index in [1.54, 1.807) is 25.1 Å². The summed E-state index contributed by atoms with van der Waals surface area (Å²) in [5.74, 6) is -1.99. The van der Waals surface area contributed by atoms with Gasteiger partial charge in [-0.1, -0.05) is 71.2 Å². The van der Waals surface area contributed by atoms with E-state index in [1.165, 1.54) is 17.7 Å². The van der Waals surface area contributed by atoms with Crippen molar-refractivity contribution in [2.75, 3.05) is 13.2 Å². The van der Waals surface area contributed by atoms with Crippen molar-refractivity contribution in [2.45, 2.75) is 38.4 Å². The Morgan fingerprint density at radius 1 is 0.929 bits per heavy atom. The van der Waals surface area contributed by atoms with Gasteiger partial charge in [0.15, 0.2) is 0 Å². The molecule has 0 unspecified atom stereocenters. The standard InChI is InChI=1S/C30H29Cl3N4O5/c1-2-42-29(40)25(16-35-30(41)37-24-11-10-18-7-3-4-9-21(18)24)36-28(39)26-22(32)13-19(14-23(26)33)27(38)34-15-17-6-5-8-20(31)12-17/h3-9,12-14,24-25H,2,10-11,15-16H2,1H3,(H,34,38)(H,36,39)(H2,35,37,41)/t24-,25+/m1/s1. The third-order valence-corrected chi connectivity index (χ3v) is 7.49. The fraction of sp³-hybridized carbons (Fsp3) is 0.267. The number of nitrogens with one attached hydrogen (secondary N) is 4. The van der Waals surface area contributed by atoms with E-state index in [1.807, 2.05) is 30.3 Å². The van der Waals surface area contributed by atoms with E-state index < -0.39 is 29.9 Å². The molecule has 42 heavy (non-hydrogen) atoms. The summed E-state index contributed by atoms with van der Waals surface area (Å²) in [5, 5.41) is 11.1. The number of hydrogen-bond acceptors (Lipinski definition) is 5. The summed E-state index contributed by atoms with van der Waals surface area (Å²) in [5.41, 5.74) is 3.03. The van der Waals surface area contributed by atoms with E-state index in [2.05, 4.69) is 21.3 Å². The minimum atomic E-state index is -1.23. The smallest absolute Gasteiger partial charge is 0.330 e. The molecule has 12 heteroatoms. The summed E-state index contributed by atoms with van der Waals surface area (Å²) in [6.45, 7) is 1.66. The van der Waals surface area contributed by atoms with Crippen LogP contribution in [0, 0.1) is 0 Å². The number of esters is 1. The molecule has 2 atom stereocenters. The number of benzene rings is 3. The summed E-state index contributed by atoms with van der Waals surface area (Å²) < 4.78 is 5.08. The number of halogens is 3. The van der Waals surface area contributed by atoms with E-state index in [-0.39, 0.29) is 46.9 Å². The summed E-state index contributed by atoms with van der Waals surface area (Å²) in [6.07, 6.45) is 1.61. The van der Waals surface area contributed by atoms with Gasteiger partial charge < -0.3 is 26.0 Å². The van der Waals surface area contributed by atoms with Crippen molar-refractivity contribution in [3.05, 3.63) is 104 Å². The molecule has 0 bridgehead atoms. The van der Waals surface area contributed by atoms with Crippen LogP contribution in [0.2, 0.25) is 15.1 Å². The highest BCUT2D eigenvalue weighted by atomic mass is 35.5. The SMILES string of the molecule is CCOC(=O)[C@H](CNC(=O)N[C@@H]1CCc2ccccc21)NC(=O)c1c(Cl)cc(C(=O)NCc2cccc(Cl)c2)cc1Cl. The zero-order valence-electron chi connectivity index (χ0n) is 22.6. The molecule has 4 N–H and O–H groups in total. The van der Waals surface area contributed by atoms with Crippen LogP contribution in [-0.4, -0.2) is 43.0 Å². The maximum absolute atomic E-state index is 13.2. The number of rotatable bonds is 10. The van der Waals surface area contributed by atoms with Gasteiger partial charge in [0.2, 0.25) is 0 Å². The van der Waals surface area contributed by atoms with Crippen molar-refractivity contribution in [3.8, 4) is 0 Å². The predicted octanol–water partition coefficient (Wildman–Crippen LogP) is 5.23. The van der Waals surface area contributed by atoms with Gasteiger partial charge in [-0.25, -0.2) is 9.59 Å². The summed E-state index contributed by atoms with van der Waals surface area (Å²) in [7, 11) is 0. The van der Waals surface area contributed by atoms with Gasteiger partial charge in [-0.2, -0.15) is 0 Å². The maximum atomic E-state index is 13.2.